The number of aromatic amines is 4. The Hall–Kier alpha value is -7.08. The summed E-state index contributed by atoms with van der Waals surface area (Å²) >= 11 is 0. The zero-order valence-corrected chi connectivity index (χ0v) is 40.0. The van der Waals surface area contributed by atoms with E-state index in [1.54, 1.807) is 0 Å². The Morgan fingerprint density at radius 3 is 0.985 bits per heavy atom. The molecule has 8 N–H and O–H groups in total. The number of rotatable bonds is 10. The zero-order chi connectivity index (χ0) is 47.7. The van der Waals surface area contributed by atoms with Crippen molar-refractivity contribution in [3.63, 3.8) is 0 Å². The number of nitrogens with one attached hydrogen (secondary N) is 8. The normalized spacial score (nSPS) is 22.8. The van der Waals surface area contributed by atoms with Crippen LogP contribution in [0.1, 0.15) is 115 Å². The second-order valence-corrected chi connectivity index (χ2v) is 22.7. The third kappa shape index (κ3) is 8.03. The second kappa shape index (κ2) is 15.2. The van der Waals surface area contributed by atoms with Gasteiger partial charge in [-0.2, -0.15) is 0 Å². The molecule has 12 nitrogen and oxygen atoms in total. The van der Waals surface area contributed by atoms with Crippen LogP contribution in [-0.2, 0) is 19.2 Å². The molecule has 4 aromatic heterocycles. The number of benzene rings is 2. The van der Waals surface area contributed by atoms with Gasteiger partial charge in [-0.15, -0.1) is 0 Å². The van der Waals surface area contributed by atoms with Gasteiger partial charge in [0.25, 0.3) is 0 Å². The molecule has 348 valence electrons. The Balaban J connectivity index is 1.08. The lowest BCUT2D eigenvalue weighted by molar-refractivity contribution is -0.118. The van der Waals surface area contributed by atoms with Crippen molar-refractivity contribution in [2.24, 2.45) is 45.3 Å². The monoisotopic (exact) mass is 908 g/mol. The Morgan fingerprint density at radius 2 is 0.706 bits per heavy atom. The van der Waals surface area contributed by atoms with Gasteiger partial charge in [-0.3, -0.25) is 19.2 Å². The summed E-state index contributed by atoms with van der Waals surface area (Å²) in [5.74, 6) is -0.627. The van der Waals surface area contributed by atoms with E-state index in [-0.39, 0.29) is 69.0 Å². The van der Waals surface area contributed by atoms with Crippen molar-refractivity contribution in [1.82, 2.24) is 19.9 Å². The van der Waals surface area contributed by atoms with Gasteiger partial charge in [-0.25, -0.2) is 0 Å². The largest absolute Gasteiger partial charge is 0.355 e. The number of aromatic nitrogens is 4. The van der Waals surface area contributed by atoms with Crippen molar-refractivity contribution in [2.45, 2.75) is 81.1 Å². The number of carbonyl (C=O) groups is 4. The fraction of sp³-hybridized carbons (Fsp3) is 0.357. The smallest absolute Gasteiger partial charge is 0.228 e. The number of carbonyl (C=O) groups excluding carboxylic acids is 4. The Labute approximate surface area is 395 Å². The maximum Gasteiger partial charge on any atom is 0.228 e. The van der Waals surface area contributed by atoms with Crippen LogP contribution >= 0.6 is 0 Å². The third-order valence-electron chi connectivity index (χ3n) is 15.5. The van der Waals surface area contributed by atoms with Gasteiger partial charge in [0.05, 0.1) is 22.7 Å². The van der Waals surface area contributed by atoms with E-state index < -0.39 is 0 Å². The molecule has 0 spiro atoms. The van der Waals surface area contributed by atoms with Gasteiger partial charge in [0.2, 0.25) is 23.6 Å². The van der Waals surface area contributed by atoms with Crippen LogP contribution in [0.3, 0.4) is 0 Å². The quantitative estimate of drug-likeness (QED) is 0.0714. The fourth-order valence-corrected chi connectivity index (χ4v) is 10.3. The van der Waals surface area contributed by atoms with E-state index in [4.69, 9.17) is 0 Å². The summed E-state index contributed by atoms with van der Waals surface area (Å²) in [7, 11) is 0. The molecule has 5 heterocycles. The van der Waals surface area contributed by atoms with Crippen LogP contribution in [0.15, 0.2) is 84.9 Å². The van der Waals surface area contributed by atoms with E-state index in [0.717, 1.165) is 81.0 Å². The first-order valence-electron chi connectivity index (χ1n) is 24.0. The lowest BCUT2D eigenvalue weighted by Crippen LogP contribution is -2.23. The molecular weight excluding hydrogens is 849 g/mol. The molecule has 11 rings (SSSR count). The molecule has 1 aliphatic heterocycles. The van der Waals surface area contributed by atoms with Crippen molar-refractivity contribution in [3.8, 4) is 0 Å². The summed E-state index contributed by atoms with van der Waals surface area (Å²) in [6.07, 6.45) is 7.29. The summed E-state index contributed by atoms with van der Waals surface area (Å²) in [5.41, 5.74) is 8.23. The van der Waals surface area contributed by atoms with Crippen LogP contribution in [0.2, 0.25) is 0 Å². The Kier molecular flexibility index (Phi) is 9.73. The van der Waals surface area contributed by atoms with Gasteiger partial charge in [0.1, 0.15) is 0 Å². The molecule has 2 aromatic carbocycles. The average molecular weight is 909 g/mol. The zero-order valence-electron chi connectivity index (χ0n) is 40.0. The molecule has 12 heteroatoms. The molecule has 4 atom stereocenters. The Bertz CT molecular complexity index is 3060. The minimum absolute atomic E-state index is 0.0441. The number of anilines is 4. The molecule has 68 heavy (non-hydrogen) atoms. The van der Waals surface area contributed by atoms with Crippen molar-refractivity contribution >= 4 is 69.7 Å². The number of H-pyrrole nitrogens is 4. The standard InChI is InChI=1S/C56H60N8O4/c1-53(2)25-33(53)49(65)61-37-11-9-12-38(62-50(66)34-26-54(34,3)4)45(37)47-41-19-15-29(57-41)23-31-17-21-43(59-31)48(44-22-18-32(60-44)24-30-16-20-42(47)58-30)46-39(63-51(67)35-27-55(35,5)6)13-10-14-40(46)64-52(68)36-28-56(36,7)8/h9-24,33-36,57-60H,25-28H2,1-8H3,(H,61,65)(H,62,66)(H,63,67)(H,64,68)/t33-,34+,35-,36+. The highest BCUT2D eigenvalue weighted by atomic mass is 16.2. The highest BCUT2D eigenvalue weighted by Gasteiger charge is 2.53. The van der Waals surface area contributed by atoms with Crippen LogP contribution in [0.25, 0.3) is 23.3 Å². The van der Waals surface area contributed by atoms with Crippen LogP contribution in [0.5, 0.6) is 0 Å². The first kappa shape index (κ1) is 43.5. The van der Waals surface area contributed by atoms with Crippen LogP contribution in [0, 0.1) is 45.3 Å². The molecule has 5 aliphatic rings. The van der Waals surface area contributed by atoms with E-state index >= 15 is 0 Å². The molecule has 6 aromatic rings. The van der Waals surface area contributed by atoms with E-state index in [9.17, 15) is 19.2 Å². The average Bonchev–Trinajstić information content (AvgIpc) is 4.09. The number of hydrogen-bond donors (Lipinski definition) is 8. The molecule has 4 amide bonds. The predicted octanol–water partition coefficient (Wildman–Crippen LogP) is 7.40. The molecule has 0 radical (unpaired) electrons. The SMILES string of the molecule is CC1(C)C[C@@H]1C(=O)Nc1cccc(NC(=O)[C@@H]2CC2(C)C)c1C1=c2ccc([nH]2)=Cc2ccc([nH]2)C(c2c(NC(=O)[C@H]3CC3(C)C)cccc2NC(=O)[C@@H]2CC2(C)C)=c2ccc([nH]2)=Cc2ccc1[nH]2. The van der Waals surface area contributed by atoms with Crippen LogP contribution < -0.4 is 42.7 Å². The Morgan fingerprint density at radius 1 is 0.412 bits per heavy atom. The topological polar surface area (TPSA) is 180 Å². The van der Waals surface area contributed by atoms with E-state index in [1.165, 1.54) is 0 Å². The third-order valence-corrected chi connectivity index (χ3v) is 15.5. The molecule has 0 unspecified atom stereocenters. The van der Waals surface area contributed by atoms with Crippen LogP contribution in [-0.4, -0.2) is 43.6 Å². The maximum atomic E-state index is 13.8. The molecule has 4 saturated carbocycles. The molecule has 8 bridgehead atoms. The first-order chi connectivity index (χ1) is 32.2. The van der Waals surface area contributed by atoms with Gasteiger partial charge in [-0.1, -0.05) is 67.5 Å². The summed E-state index contributed by atoms with van der Waals surface area (Å²) in [6.45, 7) is 16.9. The lowest BCUT2D eigenvalue weighted by atomic mass is 9.97. The fourth-order valence-electron chi connectivity index (χ4n) is 10.3. The molecule has 4 fully saturated rings. The second-order valence-electron chi connectivity index (χ2n) is 22.7. The van der Waals surface area contributed by atoms with Gasteiger partial charge < -0.3 is 41.2 Å². The van der Waals surface area contributed by atoms with Crippen molar-refractivity contribution < 1.29 is 19.2 Å². The van der Waals surface area contributed by atoms with Gasteiger partial charge >= 0.3 is 0 Å². The van der Waals surface area contributed by atoms with Gasteiger partial charge in [-0.05, 0) is 132 Å². The minimum atomic E-state index is -0.113. The van der Waals surface area contributed by atoms with Crippen molar-refractivity contribution in [1.29, 1.82) is 0 Å². The van der Waals surface area contributed by atoms with Crippen molar-refractivity contribution in [3.05, 3.63) is 140 Å². The summed E-state index contributed by atoms with van der Waals surface area (Å²) in [5, 5.41) is 16.3. The van der Waals surface area contributed by atoms with E-state index in [2.05, 4.69) is 96.6 Å². The van der Waals surface area contributed by atoms with Gasteiger partial charge in [0, 0.05) is 90.1 Å². The van der Waals surface area contributed by atoms with Crippen LogP contribution in [0.4, 0.5) is 22.7 Å². The van der Waals surface area contributed by atoms with Gasteiger partial charge in [0.15, 0.2) is 0 Å². The first-order valence-corrected chi connectivity index (χ1v) is 24.0. The van der Waals surface area contributed by atoms with E-state index in [0.29, 0.717) is 33.9 Å². The number of hydrogen-bond acceptors (Lipinski definition) is 4. The molecular formula is C56H60N8O4. The minimum Gasteiger partial charge on any atom is -0.355 e. The number of fused-ring (bicyclic) bond motifs is 8. The van der Waals surface area contributed by atoms with Crippen molar-refractivity contribution in [2.75, 3.05) is 21.3 Å². The predicted molar refractivity (Wildman–Crippen MR) is 267 cm³/mol. The highest BCUT2D eigenvalue weighted by molar-refractivity contribution is 6.06. The lowest BCUT2D eigenvalue weighted by Gasteiger charge is -2.19. The summed E-state index contributed by atoms with van der Waals surface area (Å²) < 4.78 is 0. The van der Waals surface area contributed by atoms with E-state index in [1.807, 2.05) is 97.1 Å². The highest BCUT2D eigenvalue weighted by Crippen LogP contribution is 2.55. The summed E-state index contributed by atoms with van der Waals surface area (Å²) in [6, 6.07) is 27.6. The number of amides is 4. The summed E-state index contributed by atoms with van der Waals surface area (Å²) in [4.78, 5) is 70.1. The molecule has 4 aliphatic carbocycles. The molecule has 0 saturated heterocycles. The maximum absolute atomic E-state index is 13.8.